The minimum Gasteiger partial charge on any atom is -0.478 e. The van der Waals surface area contributed by atoms with Crippen LogP contribution in [0.15, 0.2) is 85.7 Å². The first kappa shape index (κ1) is 43.3. The maximum atomic E-state index is 12.2. The van der Waals surface area contributed by atoms with Crippen molar-refractivity contribution >= 4 is 35.0 Å². The number of hydrogen-bond acceptors (Lipinski definition) is 15. The minimum absolute atomic E-state index is 0.0719. The fourth-order valence-electron chi connectivity index (χ4n) is 5.01. The lowest BCUT2D eigenvalue weighted by atomic mass is 10.0. The number of aliphatic hydroxyl groups excluding tert-OH is 4. The molecular weight excluding hydrogens is 734 g/mol. The van der Waals surface area contributed by atoms with E-state index in [2.05, 4.69) is 40.8 Å². The summed E-state index contributed by atoms with van der Waals surface area (Å²) in [5.74, 6) is -0.0973. The van der Waals surface area contributed by atoms with Gasteiger partial charge in [-0.25, -0.2) is 24.7 Å². The van der Waals surface area contributed by atoms with E-state index in [1.807, 2.05) is 52.5 Å². The highest BCUT2D eigenvalue weighted by atomic mass is 16.4. The highest BCUT2D eigenvalue weighted by Gasteiger charge is 2.13. The quantitative estimate of drug-likeness (QED) is 0.0737. The molecule has 6 rings (SSSR count). The maximum absolute atomic E-state index is 12.2. The van der Waals surface area contributed by atoms with Gasteiger partial charge in [0, 0.05) is 68.5 Å². The third-order valence-electron chi connectivity index (χ3n) is 8.15. The molecule has 4 aromatic heterocycles. The maximum Gasteiger partial charge on any atom is 0.335 e. The Hall–Kier alpha value is -6.44. The van der Waals surface area contributed by atoms with E-state index in [-0.39, 0.29) is 43.9 Å². The molecule has 0 aliphatic rings. The molecule has 0 aliphatic carbocycles. The van der Waals surface area contributed by atoms with Crippen LogP contribution in [0.4, 0.5) is 23.3 Å². The summed E-state index contributed by atoms with van der Waals surface area (Å²) in [6, 6.07) is 13.8. The Morgan fingerprint density at radius 3 is 1.49 bits per heavy atom. The van der Waals surface area contributed by atoms with Crippen LogP contribution in [0.5, 0.6) is 0 Å². The zero-order chi connectivity index (χ0) is 41.5. The predicted molar refractivity (Wildman–Crippen MR) is 213 cm³/mol. The van der Waals surface area contributed by atoms with E-state index in [0.717, 1.165) is 45.0 Å². The molecule has 2 unspecified atom stereocenters. The zero-order valence-electron chi connectivity index (χ0n) is 32.0. The lowest BCUT2D eigenvalue weighted by Gasteiger charge is -2.09. The molecule has 9 N–H and O–H groups in total. The Labute approximate surface area is 328 Å². The fourth-order valence-corrected chi connectivity index (χ4v) is 5.01. The number of benzene rings is 2. The molecule has 18 heteroatoms. The number of carboxylic acids is 1. The normalized spacial score (nSPS) is 11.7. The predicted octanol–water partition coefficient (Wildman–Crippen LogP) is 3.17. The van der Waals surface area contributed by atoms with Gasteiger partial charge in [-0.05, 0) is 43.5 Å². The van der Waals surface area contributed by atoms with Gasteiger partial charge < -0.3 is 41.9 Å². The molecule has 0 saturated heterocycles. The summed E-state index contributed by atoms with van der Waals surface area (Å²) in [5, 5.41) is 57.9. The van der Waals surface area contributed by atoms with E-state index in [4.69, 9.17) is 26.2 Å². The van der Waals surface area contributed by atoms with Gasteiger partial charge in [0.15, 0.2) is 5.78 Å². The van der Waals surface area contributed by atoms with Crippen LogP contribution >= 0.6 is 0 Å². The number of ketones is 1. The van der Waals surface area contributed by atoms with E-state index in [9.17, 15) is 14.7 Å². The van der Waals surface area contributed by atoms with Crippen molar-refractivity contribution in [1.82, 2.24) is 39.5 Å². The molecule has 4 heterocycles. The molecule has 18 nitrogen and oxygen atoms in total. The third kappa shape index (κ3) is 13.1. The van der Waals surface area contributed by atoms with E-state index < -0.39 is 18.2 Å². The van der Waals surface area contributed by atoms with Crippen LogP contribution in [-0.4, -0.2) is 109 Å². The number of carboxylic acid groups (broad SMARTS) is 1. The lowest BCUT2D eigenvalue weighted by molar-refractivity contribution is 0.0696. The molecule has 0 bridgehead atoms. The average molecular weight is 782 g/mol. The molecule has 0 amide bonds. The van der Waals surface area contributed by atoms with Gasteiger partial charge in [-0.3, -0.25) is 14.2 Å². The lowest BCUT2D eigenvalue weighted by Crippen LogP contribution is -2.22. The molecular formula is C39H47N11O7. The summed E-state index contributed by atoms with van der Waals surface area (Å²) in [6.07, 6.45) is 9.34. The smallest absolute Gasteiger partial charge is 0.335 e. The van der Waals surface area contributed by atoms with Crippen LogP contribution in [0.1, 0.15) is 44.7 Å². The number of rotatable bonds is 14. The van der Waals surface area contributed by atoms with Gasteiger partial charge in [0.25, 0.3) is 0 Å². The first-order chi connectivity index (χ1) is 27.3. The van der Waals surface area contributed by atoms with Crippen molar-refractivity contribution in [2.75, 3.05) is 30.4 Å². The summed E-state index contributed by atoms with van der Waals surface area (Å²) in [7, 11) is 3.66. The van der Waals surface area contributed by atoms with Crippen molar-refractivity contribution in [3.05, 3.63) is 108 Å². The monoisotopic (exact) mass is 781 g/mol. The molecule has 0 fully saturated rings. The van der Waals surface area contributed by atoms with Crippen LogP contribution in [0.2, 0.25) is 0 Å². The number of aromatic carboxylic acids is 1. The molecule has 2 atom stereocenters. The van der Waals surface area contributed by atoms with E-state index in [1.54, 1.807) is 70.5 Å². The van der Waals surface area contributed by atoms with Gasteiger partial charge in [-0.1, -0.05) is 36.4 Å². The number of anilines is 4. The van der Waals surface area contributed by atoms with Crippen molar-refractivity contribution in [2.45, 2.75) is 38.9 Å². The number of aliphatic hydroxyl groups is 4. The topological polar surface area (TPSA) is 273 Å². The summed E-state index contributed by atoms with van der Waals surface area (Å²) < 4.78 is 3.37. The standard InChI is InChI=1S/C20H23N5O3.C16H15N5O2.C3H9NO2/c1-13-9-21-20(23-16-10-22-25(2)11-16)24-19(13)15-5-3-14(4-6-15)18(28)8-7-17(27)12-26;1-10-7-17-16(19-13-8-18-21(2)9-13)20-14(10)11-3-5-12(6-4-11)15(22)23;4-1-3(6)2-5/h3-6,9-11,17,26-27H,7-8,12H2,1-2H3,(H,21,23,24);3-9H,1-2H3,(H,22,23)(H,17,19,20);3,5-6H,1-2,4H2. The van der Waals surface area contributed by atoms with Gasteiger partial charge in [-0.2, -0.15) is 10.2 Å². The molecule has 0 radical (unpaired) electrons. The van der Waals surface area contributed by atoms with Crippen LogP contribution in [0, 0.1) is 13.8 Å². The molecule has 0 aliphatic heterocycles. The van der Waals surface area contributed by atoms with E-state index in [0.29, 0.717) is 17.5 Å². The second-order valence-corrected chi connectivity index (χ2v) is 12.8. The second kappa shape index (κ2) is 21.0. The van der Waals surface area contributed by atoms with Crippen molar-refractivity contribution in [2.24, 2.45) is 19.8 Å². The van der Waals surface area contributed by atoms with Crippen LogP contribution in [0.25, 0.3) is 22.5 Å². The number of carbonyl (C=O) groups excluding carboxylic acids is 1. The number of aromatic nitrogens is 8. The summed E-state index contributed by atoms with van der Waals surface area (Å²) >= 11 is 0. The molecule has 57 heavy (non-hydrogen) atoms. The Kier molecular flexibility index (Phi) is 16.0. The Bertz CT molecular complexity index is 2200. The van der Waals surface area contributed by atoms with Crippen LogP contribution in [0.3, 0.4) is 0 Å². The Morgan fingerprint density at radius 2 is 1.14 bits per heavy atom. The molecule has 0 spiro atoms. The van der Waals surface area contributed by atoms with Gasteiger partial charge in [0.1, 0.15) is 0 Å². The highest BCUT2D eigenvalue weighted by Crippen LogP contribution is 2.25. The largest absolute Gasteiger partial charge is 0.478 e. The number of hydrogen-bond donors (Lipinski definition) is 8. The first-order valence-electron chi connectivity index (χ1n) is 17.7. The molecule has 300 valence electrons. The van der Waals surface area contributed by atoms with Crippen LogP contribution in [-0.2, 0) is 14.1 Å². The van der Waals surface area contributed by atoms with Crippen molar-refractivity contribution in [1.29, 1.82) is 0 Å². The minimum atomic E-state index is -0.949. The average Bonchev–Trinajstić information content (AvgIpc) is 3.84. The fraction of sp³-hybridized carbons (Fsp3) is 0.282. The van der Waals surface area contributed by atoms with Gasteiger partial charge in [0.2, 0.25) is 11.9 Å². The number of Topliss-reactive ketones (excluding diaryl/α,β-unsaturated/α-hetero) is 1. The summed E-state index contributed by atoms with van der Waals surface area (Å²) in [5.41, 5.74) is 12.3. The van der Waals surface area contributed by atoms with E-state index >= 15 is 0 Å². The second-order valence-electron chi connectivity index (χ2n) is 12.8. The van der Waals surface area contributed by atoms with Gasteiger partial charge in [-0.15, -0.1) is 0 Å². The van der Waals surface area contributed by atoms with E-state index in [1.165, 1.54) is 0 Å². The zero-order valence-corrected chi connectivity index (χ0v) is 32.0. The van der Waals surface area contributed by atoms with Crippen molar-refractivity contribution in [3.8, 4) is 22.5 Å². The van der Waals surface area contributed by atoms with Crippen LogP contribution < -0.4 is 16.4 Å². The molecule has 0 saturated carbocycles. The number of nitrogens with one attached hydrogen (secondary N) is 2. The van der Waals surface area contributed by atoms with Crippen molar-refractivity contribution in [3.63, 3.8) is 0 Å². The molecule has 6 aromatic rings. The van der Waals surface area contributed by atoms with Crippen molar-refractivity contribution < 1.29 is 35.1 Å². The number of nitrogens with two attached hydrogens (primary N) is 1. The summed E-state index contributed by atoms with van der Waals surface area (Å²) in [4.78, 5) is 40.8. The number of aryl methyl sites for hydroxylation is 4. The Morgan fingerprint density at radius 1 is 0.702 bits per heavy atom. The number of carbonyl (C=O) groups is 2. The summed E-state index contributed by atoms with van der Waals surface area (Å²) in [6.45, 7) is 3.40. The molecule has 2 aromatic carbocycles. The van der Waals surface area contributed by atoms with Gasteiger partial charge in [0.05, 0.1) is 66.1 Å². The third-order valence-corrected chi connectivity index (χ3v) is 8.15. The Balaban J connectivity index is 0.000000224. The SMILES string of the molecule is Cc1cnc(Nc2cnn(C)c2)nc1-c1ccc(C(=O)CCC(O)CO)cc1.Cc1cnc(Nc2cnn(C)c2)nc1-c1ccc(C(=O)O)cc1.NCC(O)CO. The number of nitrogens with zero attached hydrogens (tertiary/aromatic N) is 8. The van der Waals surface area contributed by atoms with Gasteiger partial charge >= 0.3 is 5.97 Å². The highest BCUT2D eigenvalue weighted by molar-refractivity contribution is 5.96. The first-order valence-corrected chi connectivity index (χ1v) is 17.7.